The topological polar surface area (TPSA) is 20.2 Å². The first kappa shape index (κ1) is 12.8. The number of halogens is 1. The van der Waals surface area contributed by atoms with Crippen molar-refractivity contribution in [1.82, 2.24) is 0 Å². The molecule has 0 spiro atoms. The van der Waals surface area contributed by atoms with Gasteiger partial charge >= 0.3 is 0 Å². The van der Waals surface area contributed by atoms with Crippen molar-refractivity contribution in [3.05, 3.63) is 56.7 Å². The van der Waals surface area contributed by atoms with Crippen LogP contribution in [0.4, 0.5) is 0 Å². The Hall–Kier alpha value is -0.640. The highest BCUT2D eigenvalue weighted by Crippen LogP contribution is 2.27. The number of hydrogen-bond acceptors (Lipinski definition) is 2. The molecule has 0 bridgehead atoms. The molecular weight excluding hydrogens is 296 g/mol. The van der Waals surface area contributed by atoms with Crippen molar-refractivity contribution < 1.29 is 5.11 Å². The van der Waals surface area contributed by atoms with Gasteiger partial charge in [0.05, 0.1) is 9.89 Å². The average Bonchev–Trinajstić information content (AvgIpc) is 2.77. The third-order valence-corrected chi connectivity index (χ3v) is 4.28. The molecule has 1 aromatic heterocycles. The van der Waals surface area contributed by atoms with Crippen LogP contribution in [0.3, 0.4) is 0 Å². The molecule has 1 nitrogen and oxygen atoms in total. The fourth-order valence-corrected chi connectivity index (χ4v) is 3.03. The van der Waals surface area contributed by atoms with Crippen LogP contribution in [0.15, 0.2) is 45.6 Å². The molecule has 0 saturated carbocycles. The predicted octanol–water partition coefficient (Wildman–Crippen LogP) is 4.57. The van der Waals surface area contributed by atoms with E-state index in [-0.39, 0.29) is 6.10 Å². The van der Waals surface area contributed by atoms with Gasteiger partial charge in [0, 0.05) is 0 Å². The molecule has 1 atom stereocenters. The molecule has 3 heteroatoms. The van der Waals surface area contributed by atoms with Crippen LogP contribution in [0.5, 0.6) is 0 Å². The van der Waals surface area contributed by atoms with Crippen molar-refractivity contribution in [3.8, 4) is 0 Å². The fraction of sp³-hybridized carbons (Fsp3) is 0.286. The van der Waals surface area contributed by atoms with Crippen LogP contribution >= 0.6 is 27.3 Å². The molecule has 0 aliphatic rings. The lowest BCUT2D eigenvalue weighted by atomic mass is 10.0. The van der Waals surface area contributed by atoms with Crippen molar-refractivity contribution in [2.75, 3.05) is 0 Å². The molecule has 0 aliphatic carbocycles. The number of aryl methyl sites for hydroxylation is 1. The minimum atomic E-state index is -0.332. The van der Waals surface area contributed by atoms with E-state index in [0.717, 1.165) is 28.6 Å². The average molecular weight is 311 g/mol. The van der Waals surface area contributed by atoms with Gasteiger partial charge in [0.2, 0.25) is 0 Å². The van der Waals surface area contributed by atoms with E-state index in [1.807, 2.05) is 17.5 Å². The highest BCUT2D eigenvalue weighted by Gasteiger charge is 2.09. The van der Waals surface area contributed by atoms with Crippen LogP contribution < -0.4 is 0 Å². The summed E-state index contributed by atoms with van der Waals surface area (Å²) in [5.74, 6) is 0. The third kappa shape index (κ3) is 3.95. The summed E-state index contributed by atoms with van der Waals surface area (Å²) in [4.78, 5) is 0. The van der Waals surface area contributed by atoms with E-state index in [9.17, 15) is 5.11 Å². The van der Waals surface area contributed by atoms with Gasteiger partial charge in [-0.3, -0.25) is 0 Å². The summed E-state index contributed by atoms with van der Waals surface area (Å²) in [6.07, 6.45) is 2.53. The summed E-state index contributed by atoms with van der Waals surface area (Å²) in [5.41, 5.74) is 2.36. The molecule has 1 unspecified atom stereocenters. The Labute approximate surface area is 114 Å². The highest BCUT2D eigenvalue weighted by atomic mass is 79.9. The molecule has 1 aromatic carbocycles. The Balaban J connectivity index is 1.79. The maximum Gasteiger partial charge on any atom is 0.0798 e. The summed E-state index contributed by atoms with van der Waals surface area (Å²) in [6.45, 7) is 0. The Morgan fingerprint density at radius 3 is 2.65 bits per heavy atom. The summed E-state index contributed by atoms with van der Waals surface area (Å²) in [6, 6.07) is 12.4. The smallest absolute Gasteiger partial charge is 0.0798 e. The molecule has 2 aromatic rings. The Morgan fingerprint density at radius 2 is 2.00 bits per heavy atom. The van der Waals surface area contributed by atoms with E-state index in [0.29, 0.717) is 0 Å². The van der Waals surface area contributed by atoms with Crippen molar-refractivity contribution in [2.24, 2.45) is 0 Å². The van der Waals surface area contributed by atoms with Gasteiger partial charge in [-0.1, -0.05) is 30.3 Å². The molecule has 1 heterocycles. The van der Waals surface area contributed by atoms with Crippen LogP contribution in [0.25, 0.3) is 0 Å². The first-order valence-electron chi connectivity index (χ1n) is 5.71. The second-order valence-electron chi connectivity index (χ2n) is 4.08. The normalized spacial score (nSPS) is 12.6. The van der Waals surface area contributed by atoms with Crippen LogP contribution in [0.1, 0.15) is 30.1 Å². The minimum absolute atomic E-state index is 0.332. The van der Waals surface area contributed by atoms with Gasteiger partial charge in [0.25, 0.3) is 0 Å². The standard InChI is InChI=1S/C14H15BrOS/c15-14-9-12(10-17-14)13(16)8-4-7-11-5-2-1-3-6-11/h1-3,5-6,9-10,13,16H,4,7-8H2. The van der Waals surface area contributed by atoms with Crippen LogP contribution in [0.2, 0.25) is 0 Å². The van der Waals surface area contributed by atoms with Crippen molar-refractivity contribution >= 4 is 27.3 Å². The number of rotatable bonds is 5. The zero-order chi connectivity index (χ0) is 12.1. The maximum atomic E-state index is 10.00. The zero-order valence-electron chi connectivity index (χ0n) is 9.47. The summed E-state index contributed by atoms with van der Waals surface area (Å²) in [7, 11) is 0. The van der Waals surface area contributed by atoms with Crippen molar-refractivity contribution in [2.45, 2.75) is 25.4 Å². The molecule has 0 saturated heterocycles. The van der Waals surface area contributed by atoms with E-state index in [2.05, 4.69) is 40.2 Å². The fourth-order valence-electron chi connectivity index (χ4n) is 1.81. The third-order valence-electron chi connectivity index (χ3n) is 2.76. The number of aliphatic hydroxyl groups excluding tert-OH is 1. The van der Waals surface area contributed by atoms with Gasteiger partial charge in [-0.25, -0.2) is 0 Å². The van der Waals surface area contributed by atoms with E-state index in [4.69, 9.17) is 0 Å². The molecular formula is C14H15BrOS. The van der Waals surface area contributed by atoms with Gasteiger partial charge < -0.3 is 5.11 Å². The second kappa shape index (κ2) is 6.34. The quantitative estimate of drug-likeness (QED) is 0.858. The first-order valence-corrected chi connectivity index (χ1v) is 7.39. The Kier molecular flexibility index (Phi) is 4.77. The Bertz CT molecular complexity index is 452. The zero-order valence-corrected chi connectivity index (χ0v) is 11.9. The number of thiophene rings is 1. The van der Waals surface area contributed by atoms with Gasteiger partial charge in [0.1, 0.15) is 0 Å². The van der Waals surface area contributed by atoms with Gasteiger partial charge in [-0.2, -0.15) is 0 Å². The lowest BCUT2D eigenvalue weighted by Gasteiger charge is -2.08. The largest absolute Gasteiger partial charge is 0.388 e. The van der Waals surface area contributed by atoms with Crippen molar-refractivity contribution in [1.29, 1.82) is 0 Å². The molecule has 0 aliphatic heterocycles. The molecule has 17 heavy (non-hydrogen) atoms. The number of benzene rings is 1. The van der Waals surface area contributed by atoms with Crippen LogP contribution in [-0.4, -0.2) is 5.11 Å². The van der Waals surface area contributed by atoms with E-state index in [1.165, 1.54) is 5.56 Å². The summed E-state index contributed by atoms with van der Waals surface area (Å²) in [5, 5.41) is 12.0. The van der Waals surface area contributed by atoms with E-state index < -0.39 is 0 Å². The first-order chi connectivity index (χ1) is 8.25. The molecule has 0 radical (unpaired) electrons. The number of aliphatic hydroxyl groups is 1. The van der Waals surface area contributed by atoms with E-state index >= 15 is 0 Å². The van der Waals surface area contributed by atoms with Crippen LogP contribution in [-0.2, 0) is 6.42 Å². The van der Waals surface area contributed by atoms with Crippen LogP contribution in [0, 0.1) is 0 Å². The van der Waals surface area contributed by atoms with Gasteiger partial charge in [-0.05, 0) is 57.8 Å². The molecule has 0 amide bonds. The molecule has 90 valence electrons. The van der Waals surface area contributed by atoms with Gasteiger partial charge in [-0.15, -0.1) is 11.3 Å². The lowest BCUT2D eigenvalue weighted by molar-refractivity contribution is 0.165. The minimum Gasteiger partial charge on any atom is -0.388 e. The maximum absolute atomic E-state index is 10.00. The Morgan fingerprint density at radius 1 is 1.24 bits per heavy atom. The van der Waals surface area contributed by atoms with E-state index in [1.54, 1.807) is 11.3 Å². The second-order valence-corrected chi connectivity index (χ2v) is 6.37. The predicted molar refractivity (Wildman–Crippen MR) is 76.4 cm³/mol. The molecule has 1 N–H and O–H groups in total. The lowest BCUT2D eigenvalue weighted by Crippen LogP contribution is -1.96. The molecule has 2 rings (SSSR count). The summed E-state index contributed by atoms with van der Waals surface area (Å²) < 4.78 is 1.08. The molecule has 0 fully saturated rings. The van der Waals surface area contributed by atoms with Crippen molar-refractivity contribution in [3.63, 3.8) is 0 Å². The van der Waals surface area contributed by atoms with Gasteiger partial charge in [0.15, 0.2) is 0 Å². The number of hydrogen-bond donors (Lipinski definition) is 1. The monoisotopic (exact) mass is 310 g/mol. The SMILES string of the molecule is OC(CCCc1ccccc1)c1csc(Br)c1. The highest BCUT2D eigenvalue weighted by molar-refractivity contribution is 9.11. The summed E-state index contributed by atoms with van der Waals surface area (Å²) >= 11 is 5.03.